The summed E-state index contributed by atoms with van der Waals surface area (Å²) in [6.45, 7) is 0.634. The third-order valence-corrected chi connectivity index (χ3v) is 2.99. The van der Waals surface area contributed by atoms with Crippen LogP contribution in [0.3, 0.4) is 0 Å². The molecule has 1 heterocycles. The minimum atomic E-state index is -0.595. The van der Waals surface area contributed by atoms with Gasteiger partial charge in [0.15, 0.2) is 0 Å². The van der Waals surface area contributed by atoms with E-state index in [1.807, 2.05) is 0 Å². The van der Waals surface area contributed by atoms with Gasteiger partial charge in [0.05, 0.1) is 0 Å². The molecule has 0 saturated carbocycles. The van der Waals surface area contributed by atoms with Gasteiger partial charge in [0.25, 0.3) is 0 Å². The van der Waals surface area contributed by atoms with Crippen molar-refractivity contribution in [3.8, 4) is 0 Å². The first-order chi connectivity index (χ1) is 4.33. The summed E-state index contributed by atoms with van der Waals surface area (Å²) < 4.78 is 10.5. The zero-order valence-corrected chi connectivity index (χ0v) is 9.16. The molecule has 1 fully saturated rings. The smallest absolute Gasteiger partial charge is 0.0287 e. The number of rotatable bonds is 3. The Labute approximate surface area is 87.7 Å². The molecule has 3 nitrogen and oxygen atoms in total. The minimum Gasteiger partial charge on any atom is -0.530 e. The SMILES string of the molecule is O=[C-]NCC1CS(=O)C1.[Y]. The van der Waals surface area contributed by atoms with Crippen molar-refractivity contribution in [3.05, 3.63) is 0 Å². The summed E-state index contributed by atoms with van der Waals surface area (Å²) in [4.78, 5) is 9.62. The maximum absolute atomic E-state index is 10.5. The third-order valence-electron chi connectivity index (χ3n) is 1.31. The molecule has 1 radical (unpaired) electrons. The number of hydrogen-bond donors (Lipinski definition) is 1. The molecule has 0 spiro atoms. The Kier molecular flexibility index (Phi) is 5.77. The summed E-state index contributed by atoms with van der Waals surface area (Å²) in [5.41, 5.74) is 0. The molecule has 0 aliphatic carbocycles. The van der Waals surface area contributed by atoms with Crippen LogP contribution in [0.25, 0.3) is 0 Å². The van der Waals surface area contributed by atoms with Gasteiger partial charge in [-0.3, -0.25) is 4.21 Å². The van der Waals surface area contributed by atoms with Crippen LogP contribution in [0.15, 0.2) is 0 Å². The first-order valence-electron chi connectivity index (χ1n) is 2.78. The van der Waals surface area contributed by atoms with Gasteiger partial charge in [-0.2, -0.15) is 6.41 Å². The normalized spacial score (nSPS) is 29.6. The first kappa shape index (κ1) is 10.7. The Hall–Kier alpha value is 0.724. The van der Waals surface area contributed by atoms with Crippen LogP contribution >= 0.6 is 0 Å². The maximum atomic E-state index is 10.5. The van der Waals surface area contributed by atoms with Gasteiger partial charge in [-0.15, -0.1) is 0 Å². The molecule has 10 heavy (non-hydrogen) atoms. The van der Waals surface area contributed by atoms with Gasteiger partial charge in [0.2, 0.25) is 0 Å². The molecule has 0 bridgehead atoms. The molecule has 0 unspecified atom stereocenters. The summed E-state index contributed by atoms with van der Waals surface area (Å²) in [5, 5.41) is 2.43. The minimum absolute atomic E-state index is 0. The van der Waals surface area contributed by atoms with E-state index < -0.39 is 10.8 Å². The van der Waals surface area contributed by atoms with Crippen LogP contribution in [0.1, 0.15) is 0 Å². The Bertz CT molecular complexity index is 134. The van der Waals surface area contributed by atoms with Gasteiger partial charge in [0, 0.05) is 55.0 Å². The van der Waals surface area contributed by atoms with E-state index in [1.54, 1.807) is 6.41 Å². The van der Waals surface area contributed by atoms with Gasteiger partial charge in [0.1, 0.15) is 0 Å². The molecule has 0 atom stereocenters. The number of nitrogens with one attached hydrogen (secondary N) is 1. The molecule has 0 aromatic carbocycles. The Balaban J connectivity index is 0.000000810. The second-order valence-electron chi connectivity index (χ2n) is 2.12. The predicted octanol–water partition coefficient (Wildman–Crippen LogP) is -0.981. The van der Waals surface area contributed by atoms with Crippen LogP contribution in [0.5, 0.6) is 0 Å². The summed E-state index contributed by atoms with van der Waals surface area (Å²) in [7, 11) is -0.595. The standard InChI is InChI=1S/C5H8NO2S.Y/c7-4-6-1-5-2-9(8)3-5;/h5H,1-3H2,(H,6,7);/q-1;. The fourth-order valence-electron chi connectivity index (χ4n) is 0.781. The zero-order chi connectivity index (χ0) is 6.69. The molecule has 0 aromatic rings. The second-order valence-corrected chi connectivity index (χ2v) is 3.67. The van der Waals surface area contributed by atoms with Gasteiger partial charge < -0.3 is 10.1 Å². The van der Waals surface area contributed by atoms with Crippen LogP contribution in [-0.2, 0) is 48.3 Å². The van der Waals surface area contributed by atoms with Crippen LogP contribution in [0.2, 0.25) is 0 Å². The zero-order valence-electron chi connectivity index (χ0n) is 5.50. The van der Waals surface area contributed by atoms with Gasteiger partial charge in [-0.1, -0.05) is 0 Å². The van der Waals surface area contributed by atoms with E-state index in [-0.39, 0.29) is 32.7 Å². The van der Waals surface area contributed by atoms with Crippen molar-refractivity contribution in [2.24, 2.45) is 5.92 Å². The van der Waals surface area contributed by atoms with Crippen LogP contribution in [0, 0.1) is 5.92 Å². The van der Waals surface area contributed by atoms with Crippen LogP contribution in [0.4, 0.5) is 0 Å². The Morgan fingerprint density at radius 1 is 1.60 bits per heavy atom. The molecule has 55 valence electrons. The molecule has 1 aliphatic heterocycles. The number of hydrogen-bond acceptors (Lipinski definition) is 2. The van der Waals surface area contributed by atoms with E-state index in [9.17, 15) is 9.00 Å². The van der Waals surface area contributed by atoms with E-state index in [2.05, 4.69) is 5.32 Å². The topological polar surface area (TPSA) is 46.2 Å². The Morgan fingerprint density at radius 3 is 2.60 bits per heavy atom. The molecular formula is C5H8NO2SY-. The van der Waals surface area contributed by atoms with Crippen LogP contribution < -0.4 is 5.32 Å². The monoisotopic (exact) mass is 235 g/mol. The van der Waals surface area contributed by atoms with Gasteiger partial charge >= 0.3 is 0 Å². The molecule has 1 aliphatic rings. The van der Waals surface area contributed by atoms with Crippen molar-refractivity contribution >= 4 is 17.2 Å². The van der Waals surface area contributed by atoms with E-state index >= 15 is 0 Å². The quantitative estimate of drug-likeness (QED) is 0.504. The van der Waals surface area contributed by atoms with E-state index in [4.69, 9.17) is 0 Å². The maximum Gasteiger partial charge on any atom is 0.0287 e. The molecule has 0 aromatic heterocycles. The third kappa shape index (κ3) is 3.21. The van der Waals surface area contributed by atoms with Crippen molar-refractivity contribution < 1.29 is 41.7 Å². The summed E-state index contributed by atoms with van der Waals surface area (Å²) in [5.74, 6) is 1.93. The van der Waals surface area contributed by atoms with Crippen molar-refractivity contribution in [2.45, 2.75) is 0 Å². The molecule has 1 N–H and O–H groups in total. The fraction of sp³-hybridized carbons (Fsp3) is 0.800. The summed E-state index contributed by atoms with van der Waals surface area (Å²) >= 11 is 0. The predicted molar refractivity (Wildman–Crippen MR) is 35.1 cm³/mol. The van der Waals surface area contributed by atoms with Gasteiger partial charge in [-0.25, -0.2) is 0 Å². The average molecular weight is 235 g/mol. The molecule has 1 amide bonds. The largest absolute Gasteiger partial charge is 0.530 e. The van der Waals surface area contributed by atoms with Crippen LogP contribution in [-0.4, -0.2) is 28.7 Å². The van der Waals surface area contributed by atoms with E-state index in [1.165, 1.54) is 0 Å². The van der Waals surface area contributed by atoms with Gasteiger partial charge in [-0.05, 0) is 12.5 Å². The molecule has 5 heteroatoms. The van der Waals surface area contributed by atoms with Crippen molar-refractivity contribution in [3.63, 3.8) is 0 Å². The second kappa shape index (κ2) is 5.38. The summed E-state index contributed by atoms with van der Waals surface area (Å²) in [6, 6.07) is 0. The fourth-order valence-corrected chi connectivity index (χ4v) is 1.97. The molecule has 1 saturated heterocycles. The van der Waals surface area contributed by atoms with Crippen molar-refractivity contribution in [1.29, 1.82) is 0 Å². The van der Waals surface area contributed by atoms with Crippen molar-refractivity contribution in [1.82, 2.24) is 5.32 Å². The molecular weight excluding hydrogens is 227 g/mol. The first-order valence-corrected chi connectivity index (χ1v) is 4.26. The Morgan fingerprint density at radius 2 is 2.20 bits per heavy atom. The van der Waals surface area contributed by atoms with Crippen molar-refractivity contribution in [2.75, 3.05) is 18.1 Å². The summed E-state index contributed by atoms with van der Waals surface area (Å²) in [6.07, 6.45) is 1.58. The number of amides is 1. The average Bonchev–Trinajstić information content (AvgIpc) is 1.78. The molecule has 1 rings (SSSR count). The van der Waals surface area contributed by atoms with E-state index in [0.29, 0.717) is 12.5 Å². The van der Waals surface area contributed by atoms with E-state index in [0.717, 1.165) is 11.5 Å². The number of carbonyl (C=O) groups excluding carboxylic acids is 1.